The van der Waals surface area contributed by atoms with Crippen LogP contribution in [0.4, 0.5) is 0 Å². The van der Waals surface area contributed by atoms with Gasteiger partial charge in [0.25, 0.3) is 0 Å². The van der Waals surface area contributed by atoms with Crippen molar-refractivity contribution in [2.75, 3.05) is 0 Å². The zero-order chi connectivity index (χ0) is 12.3. The van der Waals surface area contributed by atoms with Crippen LogP contribution in [-0.2, 0) is 0 Å². The molecule has 0 spiro atoms. The molecule has 0 aliphatic heterocycles. The van der Waals surface area contributed by atoms with Gasteiger partial charge in [-0.15, -0.1) is 0 Å². The van der Waals surface area contributed by atoms with Gasteiger partial charge < -0.3 is 0 Å². The zero-order valence-electron chi connectivity index (χ0n) is 10.4. The van der Waals surface area contributed by atoms with Crippen molar-refractivity contribution in [3.63, 3.8) is 0 Å². The molecule has 2 rings (SSSR count). The fraction of sp³-hybridized carbons (Fsp3) is 0.312. The quantitative estimate of drug-likeness (QED) is 0.732. The van der Waals surface area contributed by atoms with Crippen molar-refractivity contribution in [1.29, 1.82) is 5.26 Å². The molecule has 1 aromatic rings. The van der Waals surface area contributed by atoms with Gasteiger partial charge >= 0.3 is 0 Å². The summed E-state index contributed by atoms with van der Waals surface area (Å²) in [5, 5.41) is 8.80. The van der Waals surface area contributed by atoms with Crippen LogP contribution in [0.3, 0.4) is 0 Å². The van der Waals surface area contributed by atoms with Gasteiger partial charge in [-0.25, -0.2) is 0 Å². The van der Waals surface area contributed by atoms with Gasteiger partial charge in [0.15, 0.2) is 0 Å². The van der Waals surface area contributed by atoms with Gasteiger partial charge in [0, 0.05) is 0 Å². The highest BCUT2D eigenvalue weighted by Crippen LogP contribution is 2.32. The minimum absolute atomic E-state index is 0.589. The van der Waals surface area contributed by atoms with E-state index >= 15 is 0 Å². The average Bonchev–Trinajstić information content (AvgIpc) is 2.39. The maximum absolute atomic E-state index is 8.80. The van der Waals surface area contributed by atoms with E-state index < -0.39 is 0 Å². The van der Waals surface area contributed by atoms with Crippen molar-refractivity contribution in [2.45, 2.75) is 26.7 Å². The predicted octanol–water partition coefficient (Wildman–Crippen LogP) is 4.32. The Morgan fingerprint density at radius 2 is 1.88 bits per heavy atom. The Balaban J connectivity index is 2.43. The van der Waals surface area contributed by atoms with Crippen LogP contribution in [-0.4, -0.2) is 0 Å². The Hall–Kier alpha value is -1.81. The monoisotopic (exact) mass is 223 g/mol. The Morgan fingerprint density at radius 1 is 1.18 bits per heavy atom. The van der Waals surface area contributed by atoms with Crippen LogP contribution in [0.5, 0.6) is 0 Å². The molecule has 86 valence electrons. The van der Waals surface area contributed by atoms with Crippen LogP contribution in [0, 0.1) is 17.2 Å². The summed E-state index contributed by atoms with van der Waals surface area (Å²) in [7, 11) is 0. The number of rotatable bonds is 2. The Kier molecular flexibility index (Phi) is 3.44. The highest BCUT2D eigenvalue weighted by molar-refractivity contribution is 5.78. The lowest BCUT2D eigenvalue weighted by atomic mass is 9.86. The first kappa shape index (κ1) is 11.7. The summed E-state index contributed by atoms with van der Waals surface area (Å²) in [5.74, 6) is 0.589. The van der Waals surface area contributed by atoms with Gasteiger partial charge in [0.05, 0.1) is 11.6 Å². The second-order valence-corrected chi connectivity index (χ2v) is 4.72. The predicted molar refractivity (Wildman–Crippen MR) is 71.3 cm³/mol. The first-order valence-electron chi connectivity index (χ1n) is 6.12. The fourth-order valence-corrected chi connectivity index (χ4v) is 2.29. The Morgan fingerprint density at radius 3 is 2.47 bits per heavy atom. The van der Waals surface area contributed by atoms with E-state index in [1.807, 2.05) is 24.3 Å². The lowest BCUT2D eigenvalue weighted by molar-refractivity contribution is 0.714. The SMILES string of the molecule is CC(C)C1=C(c2ccc(C#N)cc2)C=CCC1. The minimum Gasteiger partial charge on any atom is -0.192 e. The van der Waals surface area contributed by atoms with Crippen molar-refractivity contribution < 1.29 is 0 Å². The number of allylic oxidation sites excluding steroid dienone is 4. The van der Waals surface area contributed by atoms with Crippen molar-refractivity contribution >= 4 is 5.57 Å². The molecule has 0 amide bonds. The lowest BCUT2D eigenvalue weighted by Gasteiger charge is -2.19. The second kappa shape index (κ2) is 5.01. The van der Waals surface area contributed by atoms with Gasteiger partial charge in [-0.1, -0.05) is 43.7 Å². The summed E-state index contributed by atoms with van der Waals surface area (Å²) >= 11 is 0. The molecule has 0 heterocycles. The Bertz CT molecular complexity index is 495. The normalized spacial score (nSPS) is 15.2. The molecule has 1 nitrogen and oxygen atoms in total. The molecule has 0 saturated heterocycles. The van der Waals surface area contributed by atoms with Crippen molar-refractivity contribution in [2.24, 2.45) is 5.92 Å². The summed E-state index contributed by atoms with van der Waals surface area (Å²) in [4.78, 5) is 0. The standard InChI is InChI=1S/C16H17N/c1-12(2)15-5-3-4-6-16(15)14-9-7-13(11-17)8-10-14/h4,6-10,12H,3,5H2,1-2H3. The van der Waals surface area contributed by atoms with E-state index in [1.165, 1.54) is 16.7 Å². The summed E-state index contributed by atoms with van der Waals surface area (Å²) in [6, 6.07) is 10.0. The van der Waals surface area contributed by atoms with E-state index in [9.17, 15) is 0 Å². The first-order chi connectivity index (χ1) is 8.22. The molecule has 0 unspecified atom stereocenters. The fourth-order valence-electron chi connectivity index (χ4n) is 2.29. The van der Waals surface area contributed by atoms with E-state index in [2.05, 4.69) is 32.1 Å². The zero-order valence-corrected chi connectivity index (χ0v) is 10.4. The third-order valence-electron chi connectivity index (χ3n) is 3.23. The molecule has 1 aliphatic rings. The van der Waals surface area contributed by atoms with Crippen molar-refractivity contribution in [3.8, 4) is 6.07 Å². The smallest absolute Gasteiger partial charge is 0.0991 e. The van der Waals surface area contributed by atoms with Gasteiger partial charge in [0.2, 0.25) is 0 Å². The molecule has 1 heteroatoms. The van der Waals surface area contributed by atoms with Crippen LogP contribution < -0.4 is 0 Å². The van der Waals surface area contributed by atoms with Crippen LogP contribution in [0.2, 0.25) is 0 Å². The molecule has 0 N–H and O–H groups in total. The van der Waals surface area contributed by atoms with E-state index in [0.717, 1.165) is 18.4 Å². The molecule has 0 aromatic heterocycles. The summed E-state index contributed by atoms with van der Waals surface area (Å²) in [6.45, 7) is 4.50. The maximum atomic E-state index is 8.80. The topological polar surface area (TPSA) is 23.8 Å². The molecule has 0 atom stereocenters. The molecular weight excluding hydrogens is 206 g/mol. The van der Waals surface area contributed by atoms with Crippen LogP contribution >= 0.6 is 0 Å². The molecule has 17 heavy (non-hydrogen) atoms. The van der Waals surface area contributed by atoms with E-state index in [4.69, 9.17) is 5.26 Å². The van der Waals surface area contributed by atoms with Crippen LogP contribution in [0.1, 0.15) is 37.8 Å². The van der Waals surface area contributed by atoms with E-state index in [0.29, 0.717) is 5.92 Å². The van der Waals surface area contributed by atoms with Crippen molar-refractivity contribution in [3.05, 3.63) is 53.1 Å². The molecule has 0 saturated carbocycles. The molecule has 1 aromatic carbocycles. The van der Waals surface area contributed by atoms with Gasteiger partial charge in [-0.05, 0) is 42.0 Å². The van der Waals surface area contributed by atoms with Crippen LogP contribution in [0.15, 0.2) is 42.0 Å². The number of hydrogen-bond acceptors (Lipinski definition) is 1. The van der Waals surface area contributed by atoms with Gasteiger partial charge in [-0.3, -0.25) is 0 Å². The van der Waals surface area contributed by atoms with Crippen molar-refractivity contribution in [1.82, 2.24) is 0 Å². The minimum atomic E-state index is 0.589. The third kappa shape index (κ3) is 2.47. The number of benzene rings is 1. The van der Waals surface area contributed by atoms with Crippen LogP contribution in [0.25, 0.3) is 5.57 Å². The summed E-state index contributed by atoms with van der Waals surface area (Å²) < 4.78 is 0. The molecule has 1 aliphatic carbocycles. The highest BCUT2D eigenvalue weighted by Gasteiger charge is 2.13. The molecular formula is C16H17N. The Labute approximate surface area is 103 Å². The van der Waals surface area contributed by atoms with Gasteiger partial charge in [0.1, 0.15) is 0 Å². The lowest BCUT2D eigenvalue weighted by Crippen LogP contribution is -2.01. The number of nitrogens with zero attached hydrogens (tertiary/aromatic N) is 1. The average molecular weight is 223 g/mol. The number of nitriles is 1. The maximum Gasteiger partial charge on any atom is 0.0991 e. The third-order valence-corrected chi connectivity index (χ3v) is 3.23. The first-order valence-corrected chi connectivity index (χ1v) is 6.12. The van der Waals surface area contributed by atoms with Gasteiger partial charge in [-0.2, -0.15) is 5.26 Å². The molecule has 0 radical (unpaired) electrons. The number of hydrogen-bond donors (Lipinski definition) is 0. The highest BCUT2D eigenvalue weighted by atomic mass is 14.2. The van der Waals surface area contributed by atoms with E-state index in [-0.39, 0.29) is 0 Å². The van der Waals surface area contributed by atoms with E-state index in [1.54, 1.807) is 0 Å². The molecule has 0 bridgehead atoms. The molecule has 0 fully saturated rings. The summed E-state index contributed by atoms with van der Waals surface area (Å²) in [5.41, 5.74) is 4.82. The second-order valence-electron chi connectivity index (χ2n) is 4.72. The largest absolute Gasteiger partial charge is 0.192 e. The summed E-state index contributed by atoms with van der Waals surface area (Å²) in [6.07, 6.45) is 6.76.